The van der Waals surface area contributed by atoms with Gasteiger partial charge in [0.2, 0.25) is 0 Å². The Kier molecular flexibility index (Phi) is 5.17. The molecule has 2 N–H and O–H groups in total. The first-order valence-corrected chi connectivity index (χ1v) is 8.38. The standard InChI is InChI=1S/C21H19N3O3/c1-14-12-19(15(2)24(14)18-6-4-3-5-7-18)20(25)23-22-13-16-8-10-17(11-9-16)21(26)27/h3-13H,1-2H3,(H,23,25)(H,26,27)/b22-13+. The number of aromatic nitrogens is 1. The molecule has 3 rings (SSSR count). The average Bonchev–Trinajstić information content (AvgIpc) is 2.97. The fourth-order valence-electron chi connectivity index (χ4n) is 2.90. The third-order valence-electron chi connectivity index (χ3n) is 4.23. The fraction of sp³-hybridized carbons (Fsp3) is 0.0952. The van der Waals surface area contributed by atoms with Gasteiger partial charge in [-0.05, 0) is 49.7 Å². The van der Waals surface area contributed by atoms with Crippen LogP contribution in [0.5, 0.6) is 0 Å². The van der Waals surface area contributed by atoms with Crippen LogP contribution in [0.4, 0.5) is 0 Å². The summed E-state index contributed by atoms with van der Waals surface area (Å²) in [4.78, 5) is 23.3. The van der Waals surface area contributed by atoms with Crippen LogP contribution in [0.25, 0.3) is 5.69 Å². The third kappa shape index (κ3) is 3.95. The quantitative estimate of drug-likeness (QED) is 0.538. The van der Waals surface area contributed by atoms with Crippen LogP contribution in [0, 0.1) is 13.8 Å². The first-order valence-electron chi connectivity index (χ1n) is 8.38. The van der Waals surface area contributed by atoms with Crippen molar-refractivity contribution in [1.29, 1.82) is 0 Å². The summed E-state index contributed by atoms with van der Waals surface area (Å²) in [6.07, 6.45) is 1.47. The lowest BCUT2D eigenvalue weighted by atomic mass is 10.1. The molecule has 27 heavy (non-hydrogen) atoms. The zero-order valence-electron chi connectivity index (χ0n) is 15.0. The van der Waals surface area contributed by atoms with Gasteiger partial charge in [0.05, 0.1) is 17.3 Å². The molecule has 6 heteroatoms. The van der Waals surface area contributed by atoms with E-state index in [4.69, 9.17) is 5.11 Å². The maximum Gasteiger partial charge on any atom is 0.335 e. The number of nitrogens with one attached hydrogen (secondary N) is 1. The number of aryl methyl sites for hydroxylation is 1. The molecule has 0 unspecified atom stereocenters. The van der Waals surface area contributed by atoms with E-state index in [1.807, 2.05) is 54.8 Å². The number of hydrogen-bond acceptors (Lipinski definition) is 3. The maximum atomic E-state index is 12.5. The van der Waals surface area contributed by atoms with Crippen molar-refractivity contribution in [2.45, 2.75) is 13.8 Å². The van der Waals surface area contributed by atoms with Crippen molar-refractivity contribution in [2.24, 2.45) is 5.10 Å². The predicted molar refractivity (Wildman–Crippen MR) is 104 cm³/mol. The van der Waals surface area contributed by atoms with Crippen LogP contribution in [0.15, 0.2) is 65.8 Å². The normalized spacial score (nSPS) is 10.9. The molecule has 0 radical (unpaired) electrons. The van der Waals surface area contributed by atoms with Gasteiger partial charge in [-0.15, -0.1) is 0 Å². The Bertz CT molecular complexity index is 1000. The second kappa shape index (κ2) is 7.70. The number of para-hydroxylation sites is 1. The highest BCUT2D eigenvalue weighted by atomic mass is 16.4. The summed E-state index contributed by atoms with van der Waals surface area (Å²) in [5.41, 5.74) is 6.74. The molecule has 1 aromatic heterocycles. The van der Waals surface area contributed by atoms with Gasteiger partial charge in [-0.2, -0.15) is 5.10 Å². The minimum Gasteiger partial charge on any atom is -0.478 e. The molecule has 0 saturated carbocycles. The largest absolute Gasteiger partial charge is 0.478 e. The van der Waals surface area contributed by atoms with E-state index in [0.29, 0.717) is 11.1 Å². The zero-order chi connectivity index (χ0) is 19.4. The molecule has 2 aromatic carbocycles. The van der Waals surface area contributed by atoms with E-state index in [9.17, 15) is 9.59 Å². The third-order valence-corrected chi connectivity index (χ3v) is 4.23. The minimum absolute atomic E-state index is 0.199. The van der Waals surface area contributed by atoms with E-state index in [0.717, 1.165) is 17.1 Å². The van der Waals surface area contributed by atoms with E-state index >= 15 is 0 Å². The molecule has 6 nitrogen and oxygen atoms in total. The number of carbonyl (C=O) groups excluding carboxylic acids is 1. The molecule has 0 fully saturated rings. The van der Waals surface area contributed by atoms with Crippen molar-refractivity contribution >= 4 is 18.1 Å². The number of carbonyl (C=O) groups is 2. The number of hydrazone groups is 1. The van der Waals surface area contributed by atoms with Crippen LogP contribution in [-0.4, -0.2) is 27.8 Å². The van der Waals surface area contributed by atoms with Crippen LogP contribution in [0.1, 0.15) is 37.7 Å². The van der Waals surface area contributed by atoms with E-state index in [1.165, 1.54) is 18.3 Å². The Labute approximate surface area is 156 Å². The van der Waals surface area contributed by atoms with Gasteiger partial charge in [0, 0.05) is 17.1 Å². The van der Waals surface area contributed by atoms with Gasteiger partial charge in [-0.1, -0.05) is 30.3 Å². The van der Waals surface area contributed by atoms with Gasteiger partial charge in [0.1, 0.15) is 0 Å². The van der Waals surface area contributed by atoms with E-state index in [2.05, 4.69) is 10.5 Å². The molecule has 0 aliphatic heterocycles. The lowest BCUT2D eigenvalue weighted by Crippen LogP contribution is -2.18. The molecule has 0 atom stereocenters. The molecule has 0 spiro atoms. The number of benzene rings is 2. The second-order valence-corrected chi connectivity index (χ2v) is 6.08. The summed E-state index contributed by atoms with van der Waals surface area (Å²) < 4.78 is 2.02. The molecular weight excluding hydrogens is 342 g/mol. The van der Waals surface area contributed by atoms with Crippen molar-refractivity contribution < 1.29 is 14.7 Å². The molecule has 136 valence electrons. The van der Waals surface area contributed by atoms with E-state index in [-0.39, 0.29) is 11.5 Å². The van der Waals surface area contributed by atoms with Crippen molar-refractivity contribution in [3.8, 4) is 5.69 Å². The minimum atomic E-state index is -0.986. The fourth-order valence-corrected chi connectivity index (χ4v) is 2.90. The van der Waals surface area contributed by atoms with Gasteiger partial charge in [-0.3, -0.25) is 4.79 Å². The van der Waals surface area contributed by atoms with Crippen LogP contribution in [0.2, 0.25) is 0 Å². The summed E-state index contributed by atoms with van der Waals surface area (Å²) in [7, 11) is 0. The zero-order valence-corrected chi connectivity index (χ0v) is 15.0. The van der Waals surface area contributed by atoms with Gasteiger partial charge in [-0.25, -0.2) is 10.2 Å². The number of hydrogen-bond donors (Lipinski definition) is 2. The number of rotatable bonds is 5. The lowest BCUT2D eigenvalue weighted by Gasteiger charge is -2.09. The Hall–Kier alpha value is -3.67. The highest BCUT2D eigenvalue weighted by molar-refractivity contribution is 5.96. The van der Waals surface area contributed by atoms with Gasteiger partial charge >= 0.3 is 5.97 Å². The molecule has 3 aromatic rings. The molecule has 0 bridgehead atoms. The van der Waals surface area contributed by atoms with Crippen LogP contribution >= 0.6 is 0 Å². The summed E-state index contributed by atoms with van der Waals surface area (Å²) in [5, 5.41) is 12.9. The Morgan fingerprint density at radius 1 is 1.04 bits per heavy atom. The highest BCUT2D eigenvalue weighted by Gasteiger charge is 2.16. The number of carboxylic acids is 1. The summed E-state index contributed by atoms with van der Waals surface area (Å²) in [6.45, 7) is 3.84. The van der Waals surface area contributed by atoms with Crippen LogP contribution in [-0.2, 0) is 0 Å². The van der Waals surface area contributed by atoms with Crippen LogP contribution < -0.4 is 5.43 Å². The van der Waals surface area contributed by atoms with E-state index < -0.39 is 5.97 Å². The summed E-state index contributed by atoms with van der Waals surface area (Å²) in [6, 6.07) is 17.9. The summed E-state index contributed by atoms with van der Waals surface area (Å²) >= 11 is 0. The predicted octanol–water partition coefficient (Wildman–Crippen LogP) is 3.56. The number of amides is 1. The topological polar surface area (TPSA) is 83.7 Å². The molecule has 1 heterocycles. The average molecular weight is 361 g/mol. The molecule has 0 saturated heterocycles. The molecule has 0 aliphatic carbocycles. The SMILES string of the molecule is Cc1cc(C(=O)N/N=C/c2ccc(C(=O)O)cc2)c(C)n1-c1ccccc1. The molecule has 1 amide bonds. The number of aromatic carboxylic acids is 1. The van der Waals surface area contributed by atoms with Crippen molar-refractivity contribution in [3.63, 3.8) is 0 Å². The first-order chi connectivity index (χ1) is 13.0. The Morgan fingerprint density at radius 2 is 1.70 bits per heavy atom. The van der Waals surface area contributed by atoms with Gasteiger partial charge in [0.25, 0.3) is 5.91 Å². The lowest BCUT2D eigenvalue weighted by molar-refractivity contribution is 0.0696. The van der Waals surface area contributed by atoms with Gasteiger partial charge < -0.3 is 9.67 Å². The van der Waals surface area contributed by atoms with Gasteiger partial charge in [0.15, 0.2) is 0 Å². The maximum absolute atomic E-state index is 12.5. The smallest absolute Gasteiger partial charge is 0.335 e. The van der Waals surface area contributed by atoms with E-state index in [1.54, 1.807) is 12.1 Å². The molecule has 0 aliphatic rings. The monoisotopic (exact) mass is 361 g/mol. The van der Waals surface area contributed by atoms with Crippen molar-refractivity contribution in [3.05, 3.63) is 88.7 Å². The van der Waals surface area contributed by atoms with Crippen molar-refractivity contribution in [1.82, 2.24) is 9.99 Å². The molecular formula is C21H19N3O3. The highest BCUT2D eigenvalue weighted by Crippen LogP contribution is 2.20. The summed E-state index contributed by atoms with van der Waals surface area (Å²) in [5.74, 6) is -1.29. The first kappa shape index (κ1) is 18.1. The van der Waals surface area contributed by atoms with Crippen LogP contribution in [0.3, 0.4) is 0 Å². The number of carboxylic acid groups (broad SMARTS) is 1. The van der Waals surface area contributed by atoms with Crippen molar-refractivity contribution in [2.75, 3.05) is 0 Å². The number of nitrogens with zero attached hydrogens (tertiary/aromatic N) is 2. The Morgan fingerprint density at radius 3 is 2.33 bits per heavy atom. The Balaban J connectivity index is 1.74. The second-order valence-electron chi connectivity index (χ2n) is 6.08.